The Kier molecular flexibility index (Phi) is 4.26. The van der Waals surface area contributed by atoms with Gasteiger partial charge in [0.2, 0.25) is 0 Å². The van der Waals surface area contributed by atoms with Gasteiger partial charge < -0.3 is 10.1 Å². The van der Waals surface area contributed by atoms with Crippen LogP contribution in [0.4, 0.5) is 5.69 Å². The summed E-state index contributed by atoms with van der Waals surface area (Å²) in [6, 6.07) is 20.7. The number of anilines is 1. The van der Waals surface area contributed by atoms with Crippen LogP contribution in [0, 0.1) is 0 Å². The molecule has 0 radical (unpaired) electrons. The third kappa shape index (κ3) is 3.38. The minimum absolute atomic E-state index is 0.0659. The van der Waals surface area contributed by atoms with Gasteiger partial charge >= 0.3 is 0 Å². The maximum atomic E-state index is 12.0. The average Bonchev–Trinajstić information content (AvgIpc) is 2.53. The average molecular weight is 312 g/mol. The van der Waals surface area contributed by atoms with Crippen molar-refractivity contribution in [2.45, 2.75) is 0 Å². The van der Waals surface area contributed by atoms with E-state index in [-0.39, 0.29) is 12.5 Å². The van der Waals surface area contributed by atoms with Crippen LogP contribution >= 0.6 is 11.6 Å². The predicted octanol–water partition coefficient (Wildman–Crippen LogP) is 4.51. The van der Waals surface area contributed by atoms with Crippen molar-refractivity contribution in [2.24, 2.45) is 0 Å². The Balaban J connectivity index is 1.68. The molecule has 4 heteroatoms. The van der Waals surface area contributed by atoms with Gasteiger partial charge in [-0.15, -0.1) is 0 Å². The zero-order chi connectivity index (χ0) is 15.4. The zero-order valence-corrected chi connectivity index (χ0v) is 12.5. The van der Waals surface area contributed by atoms with Gasteiger partial charge in [-0.05, 0) is 29.7 Å². The summed E-state index contributed by atoms with van der Waals surface area (Å²) >= 11 is 5.87. The Morgan fingerprint density at radius 2 is 1.77 bits per heavy atom. The highest BCUT2D eigenvalue weighted by atomic mass is 35.5. The van der Waals surface area contributed by atoms with Crippen molar-refractivity contribution in [2.75, 3.05) is 11.9 Å². The molecule has 0 bridgehead atoms. The molecular weight excluding hydrogens is 298 g/mol. The van der Waals surface area contributed by atoms with Crippen LogP contribution in [0.2, 0.25) is 5.02 Å². The number of rotatable bonds is 4. The van der Waals surface area contributed by atoms with Crippen LogP contribution < -0.4 is 10.1 Å². The molecule has 0 aliphatic heterocycles. The van der Waals surface area contributed by atoms with Gasteiger partial charge in [-0.3, -0.25) is 4.79 Å². The number of ether oxygens (including phenoxy) is 1. The molecular formula is C18H14ClNO2. The number of benzene rings is 3. The number of carbonyl (C=O) groups is 1. The molecule has 0 aromatic heterocycles. The number of hydrogen-bond acceptors (Lipinski definition) is 2. The van der Waals surface area contributed by atoms with Crippen LogP contribution in [-0.4, -0.2) is 12.5 Å². The predicted molar refractivity (Wildman–Crippen MR) is 89.5 cm³/mol. The van der Waals surface area contributed by atoms with E-state index in [0.717, 1.165) is 16.5 Å². The summed E-state index contributed by atoms with van der Waals surface area (Å²) in [5.41, 5.74) is 0.776. The fourth-order valence-electron chi connectivity index (χ4n) is 2.23. The second-order valence-electron chi connectivity index (χ2n) is 4.82. The molecule has 0 unspecified atom stereocenters. The van der Waals surface area contributed by atoms with Crippen molar-refractivity contribution >= 4 is 34.0 Å². The molecule has 3 aromatic carbocycles. The molecule has 3 rings (SSSR count). The normalized spacial score (nSPS) is 10.4. The fourth-order valence-corrected chi connectivity index (χ4v) is 2.41. The SMILES string of the molecule is O=C(COc1cccc(Cl)c1)Nc1cccc2ccccc12. The highest BCUT2D eigenvalue weighted by molar-refractivity contribution is 6.30. The monoisotopic (exact) mass is 311 g/mol. The van der Waals surface area contributed by atoms with Gasteiger partial charge in [-0.1, -0.05) is 54.1 Å². The molecule has 0 saturated heterocycles. The van der Waals surface area contributed by atoms with Gasteiger partial charge in [0.15, 0.2) is 6.61 Å². The van der Waals surface area contributed by atoms with E-state index < -0.39 is 0 Å². The molecule has 1 amide bonds. The molecule has 0 saturated carbocycles. The molecule has 3 nitrogen and oxygen atoms in total. The molecule has 0 aliphatic carbocycles. The van der Waals surface area contributed by atoms with Crippen molar-refractivity contribution in [1.29, 1.82) is 0 Å². The number of fused-ring (bicyclic) bond motifs is 1. The van der Waals surface area contributed by atoms with Gasteiger partial charge in [0.25, 0.3) is 5.91 Å². The first-order valence-corrected chi connectivity index (χ1v) is 7.26. The summed E-state index contributed by atoms with van der Waals surface area (Å²) in [7, 11) is 0. The third-order valence-electron chi connectivity index (χ3n) is 3.23. The van der Waals surface area contributed by atoms with Gasteiger partial charge in [0, 0.05) is 16.1 Å². The Morgan fingerprint density at radius 3 is 2.64 bits per heavy atom. The van der Waals surface area contributed by atoms with Gasteiger partial charge in [-0.25, -0.2) is 0 Å². The Bertz CT molecular complexity index is 812. The molecule has 1 N–H and O–H groups in total. The molecule has 0 spiro atoms. The number of carbonyl (C=O) groups excluding carboxylic acids is 1. The van der Waals surface area contributed by atoms with E-state index in [4.69, 9.17) is 16.3 Å². The molecule has 0 atom stereocenters. The number of amides is 1. The maximum absolute atomic E-state index is 12.0. The lowest BCUT2D eigenvalue weighted by molar-refractivity contribution is -0.118. The van der Waals surface area contributed by atoms with Crippen LogP contribution in [0.5, 0.6) is 5.75 Å². The van der Waals surface area contributed by atoms with Crippen LogP contribution in [0.1, 0.15) is 0 Å². The maximum Gasteiger partial charge on any atom is 0.262 e. The smallest absolute Gasteiger partial charge is 0.262 e. The van der Waals surface area contributed by atoms with Crippen molar-refractivity contribution in [3.05, 3.63) is 71.8 Å². The molecule has 0 aliphatic rings. The van der Waals surface area contributed by atoms with E-state index in [9.17, 15) is 4.79 Å². The minimum atomic E-state index is -0.212. The summed E-state index contributed by atoms with van der Waals surface area (Å²) in [6.07, 6.45) is 0. The first kappa shape index (κ1) is 14.4. The van der Waals surface area contributed by atoms with Crippen molar-refractivity contribution in [3.8, 4) is 5.75 Å². The van der Waals surface area contributed by atoms with E-state index in [1.165, 1.54) is 0 Å². The summed E-state index contributed by atoms with van der Waals surface area (Å²) in [6.45, 7) is -0.0659. The summed E-state index contributed by atoms with van der Waals surface area (Å²) in [4.78, 5) is 12.0. The highest BCUT2D eigenvalue weighted by Gasteiger charge is 2.06. The number of hydrogen-bond donors (Lipinski definition) is 1. The second-order valence-corrected chi connectivity index (χ2v) is 5.26. The zero-order valence-electron chi connectivity index (χ0n) is 11.8. The van der Waals surface area contributed by atoms with Crippen LogP contribution in [-0.2, 0) is 4.79 Å². The highest BCUT2D eigenvalue weighted by Crippen LogP contribution is 2.23. The van der Waals surface area contributed by atoms with E-state index >= 15 is 0 Å². The van der Waals surface area contributed by atoms with Gasteiger partial charge in [0.1, 0.15) is 5.75 Å². The Morgan fingerprint density at radius 1 is 1.00 bits per heavy atom. The van der Waals surface area contributed by atoms with E-state index in [1.54, 1.807) is 24.3 Å². The third-order valence-corrected chi connectivity index (χ3v) is 3.46. The largest absolute Gasteiger partial charge is 0.484 e. The van der Waals surface area contributed by atoms with Crippen molar-refractivity contribution < 1.29 is 9.53 Å². The molecule has 110 valence electrons. The van der Waals surface area contributed by atoms with Gasteiger partial charge in [-0.2, -0.15) is 0 Å². The Labute approximate surface area is 133 Å². The lowest BCUT2D eigenvalue weighted by Crippen LogP contribution is -2.20. The van der Waals surface area contributed by atoms with E-state index in [1.807, 2.05) is 42.5 Å². The minimum Gasteiger partial charge on any atom is -0.484 e. The standard InChI is InChI=1S/C18H14ClNO2/c19-14-7-4-8-15(11-14)22-12-18(21)20-17-10-3-6-13-5-1-2-9-16(13)17/h1-11H,12H2,(H,20,21). The van der Waals surface area contributed by atoms with E-state index in [0.29, 0.717) is 10.8 Å². The van der Waals surface area contributed by atoms with Crippen molar-refractivity contribution in [1.82, 2.24) is 0 Å². The lowest BCUT2D eigenvalue weighted by Gasteiger charge is -2.10. The topological polar surface area (TPSA) is 38.3 Å². The number of halogens is 1. The molecule has 0 fully saturated rings. The van der Waals surface area contributed by atoms with Crippen molar-refractivity contribution in [3.63, 3.8) is 0 Å². The molecule has 22 heavy (non-hydrogen) atoms. The van der Waals surface area contributed by atoms with Crippen LogP contribution in [0.3, 0.4) is 0 Å². The lowest BCUT2D eigenvalue weighted by atomic mass is 10.1. The van der Waals surface area contributed by atoms with Crippen LogP contribution in [0.25, 0.3) is 10.8 Å². The number of nitrogens with one attached hydrogen (secondary N) is 1. The summed E-state index contributed by atoms with van der Waals surface area (Å²) < 4.78 is 5.44. The first-order chi connectivity index (χ1) is 10.7. The summed E-state index contributed by atoms with van der Waals surface area (Å²) in [5.74, 6) is 0.358. The van der Waals surface area contributed by atoms with Crippen LogP contribution in [0.15, 0.2) is 66.7 Å². The first-order valence-electron chi connectivity index (χ1n) is 6.88. The molecule has 0 heterocycles. The second kappa shape index (κ2) is 6.50. The van der Waals surface area contributed by atoms with E-state index in [2.05, 4.69) is 5.32 Å². The quantitative estimate of drug-likeness (QED) is 0.770. The molecule has 3 aromatic rings. The fraction of sp³-hybridized carbons (Fsp3) is 0.0556. The van der Waals surface area contributed by atoms with Gasteiger partial charge in [0.05, 0.1) is 0 Å². The Hall–Kier alpha value is -2.52. The summed E-state index contributed by atoms with van der Waals surface area (Å²) in [5, 5.41) is 5.53.